The molecule has 7 heteroatoms. The average molecular weight is 370 g/mol. The van der Waals surface area contributed by atoms with Gasteiger partial charge >= 0.3 is 0 Å². The molecule has 0 saturated heterocycles. The lowest BCUT2D eigenvalue weighted by molar-refractivity contribution is -0.120. The Morgan fingerprint density at radius 1 is 1.15 bits per heavy atom. The molecule has 2 heterocycles. The Bertz CT molecular complexity index is 1110. The minimum Gasteiger partial charge on any atom is -0.464 e. The lowest BCUT2D eigenvalue weighted by Crippen LogP contribution is -2.39. The van der Waals surface area contributed by atoms with E-state index >= 15 is 0 Å². The maximum Gasteiger partial charge on any atom is 0.265 e. The van der Waals surface area contributed by atoms with Crippen LogP contribution in [0.15, 0.2) is 57.8 Å². The quantitative estimate of drug-likeness (QED) is 0.765. The number of carbonyl (C=O) groups is 1. The number of benzene rings is 2. The van der Waals surface area contributed by atoms with Crippen LogP contribution in [0.5, 0.6) is 0 Å². The van der Waals surface area contributed by atoms with Gasteiger partial charge in [0.2, 0.25) is 5.91 Å². The van der Waals surface area contributed by atoms with Gasteiger partial charge in [-0.05, 0) is 43.5 Å². The highest BCUT2D eigenvalue weighted by atomic mass is 32.2. The first-order valence-electron chi connectivity index (χ1n) is 8.28. The molecule has 6 nitrogen and oxygen atoms in total. The molecule has 1 amide bonds. The number of carbonyl (C=O) groups excluding carboxylic acids is 1. The first-order chi connectivity index (χ1) is 12.4. The molecule has 1 unspecified atom stereocenters. The van der Waals surface area contributed by atoms with Crippen molar-refractivity contribution in [2.45, 2.75) is 24.8 Å². The fourth-order valence-corrected chi connectivity index (χ4v) is 4.97. The second kappa shape index (κ2) is 5.88. The van der Waals surface area contributed by atoms with Crippen molar-refractivity contribution in [3.8, 4) is 0 Å². The van der Waals surface area contributed by atoms with E-state index in [2.05, 4.69) is 5.32 Å². The van der Waals surface area contributed by atoms with Crippen LogP contribution >= 0.6 is 0 Å². The van der Waals surface area contributed by atoms with E-state index in [-0.39, 0.29) is 23.4 Å². The number of nitrogens with one attached hydrogen (secondary N) is 1. The number of hydrogen-bond donors (Lipinski definition) is 1. The predicted molar refractivity (Wildman–Crippen MR) is 98.5 cm³/mol. The van der Waals surface area contributed by atoms with E-state index in [0.29, 0.717) is 16.8 Å². The lowest BCUT2D eigenvalue weighted by Gasteiger charge is -2.19. The first-order valence-corrected chi connectivity index (χ1v) is 9.72. The standard InChI is InChI=1S/C19H18N2O4S/c1-12-9-10-16(25-12)13(2)20-18(22)11-21-15-7-3-5-14-6-4-8-17(19(14)15)26(21,23)24/h3-10,13H,11H2,1-2H3,(H,20,22). The summed E-state index contributed by atoms with van der Waals surface area (Å²) in [7, 11) is -3.74. The van der Waals surface area contributed by atoms with E-state index in [1.807, 2.05) is 25.1 Å². The van der Waals surface area contributed by atoms with Gasteiger partial charge < -0.3 is 9.73 Å². The van der Waals surface area contributed by atoms with Crippen LogP contribution in [0.4, 0.5) is 5.69 Å². The van der Waals surface area contributed by atoms with Gasteiger partial charge in [0, 0.05) is 5.39 Å². The number of hydrogen-bond acceptors (Lipinski definition) is 4. The van der Waals surface area contributed by atoms with Crippen LogP contribution < -0.4 is 9.62 Å². The van der Waals surface area contributed by atoms with Gasteiger partial charge in [0.15, 0.2) is 0 Å². The zero-order chi connectivity index (χ0) is 18.5. The van der Waals surface area contributed by atoms with Gasteiger partial charge in [0.05, 0.1) is 16.6 Å². The largest absolute Gasteiger partial charge is 0.464 e. The first kappa shape index (κ1) is 16.7. The minimum absolute atomic E-state index is 0.244. The Balaban J connectivity index is 1.61. The molecular weight excluding hydrogens is 352 g/mol. The summed E-state index contributed by atoms with van der Waals surface area (Å²) in [6.45, 7) is 3.34. The molecule has 1 aliphatic heterocycles. The van der Waals surface area contributed by atoms with E-state index in [9.17, 15) is 13.2 Å². The third-order valence-corrected chi connectivity index (χ3v) is 6.34. The summed E-state index contributed by atoms with van der Waals surface area (Å²) in [4.78, 5) is 12.7. The molecule has 1 N–H and O–H groups in total. The smallest absolute Gasteiger partial charge is 0.265 e. The third kappa shape index (κ3) is 2.55. The topological polar surface area (TPSA) is 79.6 Å². The third-order valence-electron chi connectivity index (χ3n) is 4.53. The molecular formula is C19H18N2O4S. The van der Waals surface area contributed by atoms with Gasteiger partial charge in [-0.1, -0.05) is 24.3 Å². The molecule has 1 aliphatic rings. The molecule has 0 radical (unpaired) electrons. The summed E-state index contributed by atoms with van der Waals surface area (Å²) in [5, 5.41) is 4.30. The Morgan fingerprint density at radius 2 is 1.88 bits per heavy atom. The predicted octanol–water partition coefficient (Wildman–Crippen LogP) is 3.13. The SMILES string of the molecule is Cc1ccc(C(C)NC(=O)CN2c3cccc4cccc(c34)S2(=O)=O)o1. The molecule has 0 fully saturated rings. The van der Waals surface area contributed by atoms with Gasteiger partial charge in [0.1, 0.15) is 18.1 Å². The van der Waals surface area contributed by atoms with Crippen LogP contribution in [0.3, 0.4) is 0 Å². The minimum atomic E-state index is -3.74. The maximum absolute atomic E-state index is 12.9. The van der Waals surface area contributed by atoms with E-state index in [1.54, 1.807) is 37.3 Å². The zero-order valence-corrected chi connectivity index (χ0v) is 15.2. The van der Waals surface area contributed by atoms with Crippen LogP contribution in [0.2, 0.25) is 0 Å². The van der Waals surface area contributed by atoms with Gasteiger partial charge in [-0.15, -0.1) is 0 Å². The summed E-state index contributed by atoms with van der Waals surface area (Å²) in [5.74, 6) is 0.996. The summed E-state index contributed by atoms with van der Waals surface area (Å²) >= 11 is 0. The van der Waals surface area contributed by atoms with E-state index in [4.69, 9.17) is 4.42 Å². The molecule has 0 spiro atoms. The Labute approximate surface area is 151 Å². The maximum atomic E-state index is 12.9. The molecule has 2 aromatic carbocycles. The van der Waals surface area contributed by atoms with E-state index in [0.717, 1.165) is 11.1 Å². The van der Waals surface area contributed by atoms with Crippen LogP contribution in [0.1, 0.15) is 24.5 Å². The molecule has 1 atom stereocenters. The van der Waals surface area contributed by atoms with Gasteiger partial charge in [-0.2, -0.15) is 0 Å². The molecule has 4 rings (SSSR count). The van der Waals surface area contributed by atoms with Crippen molar-refractivity contribution in [1.82, 2.24) is 5.32 Å². The molecule has 0 aliphatic carbocycles. The second-order valence-corrected chi connectivity index (χ2v) is 8.21. The van der Waals surface area contributed by atoms with Crippen molar-refractivity contribution in [3.05, 3.63) is 60.1 Å². The number of sulfonamides is 1. The van der Waals surface area contributed by atoms with Crippen LogP contribution in [-0.4, -0.2) is 20.9 Å². The Hall–Kier alpha value is -2.80. The molecule has 0 bridgehead atoms. The van der Waals surface area contributed by atoms with Gasteiger partial charge in [0.25, 0.3) is 10.0 Å². The van der Waals surface area contributed by atoms with Crippen molar-refractivity contribution in [1.29, 1.82) is 0 Å². The van der Waals surface area contributed by atoms with Crippen molar-refractivity contribution >= 4 is 32.4 Å². The molecule has 1 aromatic heterocycles. The average Bonchev–Trinajstić information content (AvgIpc) is 3.12. The van der Waals surface area contributed by atoms with Crippen molar-refractivity contribution < 1.29 is 17.6 Å². The number of furan rings is 1. The molecule has 0 saturated carbocycles. The van der Waals surface area contributed by atoms with Crippen molar-refractivity contribution in [2.24, 2.45) is 0 Å². The van der Waals surface area contributed by atoms with Gasteiger partial charge in [-0.25, -0.2) is 8.42 Å². The Morgan fingerprint density at radius 3 is 2.58 bits per heavy atom. The highest BCUT2D eigenvalue weighted by Crippen LogP contribution is 2.41. The van der Waals surface area contributed by atoms with Crippen molar-refractivity contribution in [2.75, 3.05) is 10.8 Å². The zero-order valence-electron chi connectivity index (χ0n) is 14.4. The normalized spacial score (nSPS) is 16.0. The van der Waals surface area contributed by atoms with Gasteiger partial charge in [-0.3, -0.25) is 9.10 Å². The highest BCUT2D eigenvalue weighted by Gasteiger charge is 2.36. The van der Waals surface area contributed by atoms with E-state index in [1.165, 1.54) is 4.31 Å². The number of rotatable bonds is 4. The summed E-state index contributed by atoms with van der Waals surface area (Å²) in [6, 6.07) is 13.8. The van der Waals surface area contributed by atoms with Crippen LogP contribution in [-0.2, 0) is 14.8 Å². The summed E-state index contributed by atoms with van der Waals surface area (Å²) in [5.41, 5.74) is 0.537. The molecule has 3 aromatic rings. The lowest BCUT2D eigenvalue weighted by atomic mass is 10.1. The van der Waals surface area contributed by atoms with E-state index < -0.39 is 10.0 Å². The number of nitrogens with zero attached hydrogens (tertiary/aromatic N) is 1. The van der Waals surface area contributed by atoms with Crippen molar-refractivity contribution in [3.63, 3.8) is 0 Å². The molecule has 26 heavy (non-hydrogen) atoms. The monoisotopic (exact) mass is 370 g/mol. The fourth-order valence-electron chi connectivity index (χ4n) is 3.30. The van der Waals surface area contributed by atoms with Crippen LogP contribution in [0.25, 0.3) is 10.8 Å². The van der Waals surface area contributed by atoms with Crippen LogP contribution in [0, 0.1) is 6.92 Å². The number of aryl methyl sites for hydroxylation is 1. The number of anilines is 1. The molecule has 134 valence electrons. The summed E-state index contributed by atoms with van der Waals surface area (Å²) in [6.07, 6.45) is 0. The second-order valence-electron chi connectivity index (χ2n) is 6.38. The number of amides is 1. The highest BCUT2D eigenvalue weighted by molar-refractivity contribution is 7.93. The fraction of sp³-hybridized carbons (Fsp3) is 0.211. The Kier molecular flexibility index (Phi) is 3.77. The summed E-state index contributed by atoms with van der Waals surface area (Å²) < 4.78 is 32.4.